The molecule has 148 valence electrons. The van der Waals surface area contributed by atoms with Crippen LogP contribution in [0.4, 0.5) is 18.9 Å². The lowest BCUT2D eigenvalue weighted by atomic mass is 9.88. The molecule has 2 heterocycles. The van der Waals surface area contributed by atoms with Crippen LogP contribution in [0.3, 0.4) is 0 Å². The molecule has 28 heavy (non-hydrogen) atoms. The quantitative estimate of drug-likeness (QED) is 0.817. The maximum atomic E-state index is 12.7. The minimum Gasteiger partial charge on any atom is -0.391 e. The number of hydrogen-bond acceptors (Lipinski definition) is 3. The molecule has 2 atom stereocenters. The fourth-order valence-corrected chi connectivity index (χ4v) is 4.27. The van der Waals surface area contributed by atoms with Gasteiger partial charge in [-0.3, -0.25) is 4.98 Å². The number of para-hydroxylation sites is 1. The van der Waals surface area contributed by atoms with Gasteiger partial charge in [0, 0.05) is 24.0 Å². The van der Waals surface area contributed by atoms with Crippen molar-refractivity contribution in [1.29, 1.82) is 0 Å². The van der Waals surface area contributed by atoms with Crippen molar-refractivity contribution in [2.24, 2.45) is 0 Å². The fourth-order valence-electron chi connectivity index (χ4n) is 4.27. The number of fused-ring (bicyclic) bond motifs is 1. The number of allylic oxidation sites excluding steroid dienone is 1. The summed E-state index contributed by atoms with van der Waals surface area (Å²) in [7, 11) is 0. The highest BCUT2D eigenvalue weighted by atomic mass is 19.4. The van der Waals surface area contributed by atoms with Gasteiger partial charge < -0.3 is 10.0 Å². The van der Waals surface area contributed by atoms with E-state index in [9.17, 15) is 18.3 Å². The molecule has 2 aliphatic rings. The zero-order valence-electron chi connectivity index (χ0n) is 15.5. The lowest BCUT2D eigenvalue weighted by molar-refractivity contribution is -0.141. The van der Waals surface area contributed by atoms with Crippen LogP contribution < -0.4 is 4.90 Å². The number of aromatic nitrogens is 1. The Kier molecular flexibility index (Phi) is 5.15. The van der Waals surface area contributed by atoms with Crippen molar-refractivity contribution in [3.63, 3.8) is 0 Å². The largest absolute Gasteiger partial charge is 0.433 e. The number of alkyl halides is 3. The smallest absolute Gasteiger partial charge is 0.391 e. The maximum Gasteiger partial charge on any atom is 0.433 e. The van der Waals surface area contributed by atoms with E-state index in [2.05, 4.69) is 22.0 Å². The molecule has 2 aromatic rings. The van der Waals surface area contributed by atoms with Crippen LogP contribution in [0.15, 0.2) is 48.7 Å². The van der Waals surface area contributed by atoms with Crippen molar-refractivity contribution >= 4 is 11.3 Å². The van der Waals surface area contributed by atoms with Crippen LogP contribution in [-0.2, 0) is 12.6 Å². The van der Waals surface area contributed by atoms with Gasteiger partial charge in [0.15, 0.2) is 0 Å². The molecule has 0 radical (unpaired) electrons. The lowest BCUT2D eigenvalue weighted by Crippen LogP contribution is -2.47. The van der Waals surface area contributed by atoms with Gasteiger partial charge in [0.1, 0.15) is 5.69 Å². The third-order valence-corrected chi connectivity index (χ3v) is 5.70. The summed E-state index contributed by atoms with van der Waals surface area (Å²) in [6.45, 7) is 0.697. The first-order chi connectivity index (χ1) is 13.4. The Morgan fingerprint density at radius 3 is 2.57 bits per heavy atom. The van der Waals surface area contributed by atoms with Crippen molar-refractivity contribution in [2.45, 2.75) is 50.4 Å². The molecule has 0 amide bonds. The number of rotatable bonds is 3. The van der Waals surface area contributed by atoms with Crippen molar-refractivity contribution in [1.82, 2.24) is 4.98 Å². The zero-order valence-corrected chi connectivity index (χ0v) is 15.5. The molecule has 1 fully saturated rings. The molecule has 1 aliphatic carbocycles. The summed E-state index contributed by atoms with van der Waals surface area (Å²) in [5, 5.41) is 10.5. The molecule has 1 aromatic carbocycles. The number of aliphatic hydroxyl groups excluding tert-OH is 1. The molecule has 6 heteroatoms. The van der Waals surface area contributed by atoms with Gasteiger partial charge in [-0.1, -0.05) is 43.2 Å². The molecule has 1 aromatic heterocycles. The van der Waals surface area contributed by atoms with Crippen molar-refractivity contribution in [2.75, 3.05) is 11.4 Å². The van der Waals surface area contributed by atoms with Gasteiger partial charge in [-0.25, -0.2) is 0 Å². The Labute approximate surface area is 162 Å². The third-order valence-electron chi connectivity index (χ3n) is 5.70. The van der Waals surface area contributed by atoms with Crippen LogP contribution >= 0.6 is 0 Å². The highest BCUT2D eigenvalue weighted by Crippen LogP contribution is 2.37. The van der Waals surface area contributed by atoms with Crippen molar-refractivity contribution < 1.29 is 18.3 Å². The summed E-state index contributed by atoms with van der Waals surface area (Å²) in [6, 6.07) is 10.7. The molecule has 0 unspecified atom stereocenters. The molecule has 4 rings (SSSR count). The molecular weight excluding hydrogens is 365 g/mol. The first-order valence-electron chi connectivity index (χ1n) is 9.69. The zero-order chi connectivity index (χ0) is 19.7. The number of aliphatic hydroxyl groups is 1. The van der Waals surface area contributed by atoms with Gasteiger partial charge in [-0.15, -0.1) is 0 Å². The van der Waals surface area contributed by atoms with E-state index in [4.69, 9.17) is 0 Å². The second-order valence-electron chi connectivity index (χ2n) is 7.54. The van der Waals surface area contributed by atoms with E-state index in [1.54, 1.807) is 0 Å². The standard InChI is InChI=1S/C22H23F3N2O/c23-22(24,25)21-10-9-15(14-26-21)13-16-11-12-27(18-6-2-1-5-17(16)18)19-7-3-4-8-20(19)28/h1-2,5-6,9-11,14,19-20,28H,3-4,7-8,12-13H2/t19-,20-/m0/s1. The Morgan fingerprint density at radius 1 is 1.07 bits per heavy atom. The van der Waals surface area contributed by atoms with Crippen LogP contribution in [0.2, 0.25) is 0 Å². The minimum absolute atomic E-state index is 0.112. The van der Waals surface area contributed by atoms with Crippen molar-refractivity contribution in [3.05, 3.63) is 65.5 Å². The van der Waals surface area contributed by atoms with Crippen LogP contribution in [0.25, 0.3) is 5.57 Å². The van der Waals surface area contributed by atoms with Crippen LogP contribution in [0.5, 0.6) is 0 Å². The van der Waals surface area contributed by atoms with Gasteiger partial charge in [0.05, 0.1) is 12.1 Å². The topological polar surface area (TPSA) is 36.4 Å². The highest BCUT2D eigenvalue weighted by molar-refractivity contribution is 5.81. The van der Waals surface area contributed by atoms with Gasteiger partial charge in [0.25, 0.3) is 0 Å². The van der Waals surface area contributed by atoms with Crippen LogP contribution in [0, 0.1) is 0 Å². The predicted molar refractivity (Wildman–Crippen MR) is 103 cm³/mol. The number of nitrogens with zero attached hydrogens (tertiary/aromatic N) is 2. The molecule has 0 bridgehead atoms. The number of hydrogen-bond donors (Lipinski definition) is 1. The number of halogens is 3. The molecule has 1 N–H and O–H groups in total. The predicted octanol–water partition coefficient (Wildman–Crippen LogP) is 4.85. The van der Waals surface area contributed by atoms with Crippen molar-refractivity contribution in [3.8, 4) is 0 Å². The third kappa shape index (κ3) is 3.78. The van der Waals surface area contributed by atoms with Gasteiger partial charge in [-0.05, 0) is 42.5 Å². The van der Waals surface area contributed by atoms with E-state index in [1.807, 2.05) is 18.2 Å². The van der Waals surface area contributed by atoms with E-state index in [-0.39, 0.29) is 12.1 Å². The summed E-state index contributed by atoms with van der Waals surface area (Å²) >= 11 is 0. The van der Waals surface area contributed by atoms with E-state index in [0.717, 1.165) is 54.1 Å². The first kappa shape index (κ1) is 19.0. The van der Waals surface area contributed by atoms with Gasteiger partial charge >= 0.3 is 6.18 Å². The second kappa shape index (κ2) is 7.59. The minimum atomic E-state index is -4.42. The van der Waals surface area contributed by atoms with E-state index in [1.165, 1.54) is 12.3 Å². The van der Waals surface area contributed by atoms with E-state index >= 15 is 0 Å². The summed E-state index contributed by atoms with van der Waals surface area (Å²) in [4.78, 5) is 5.85. The molecular formula is C22H23F3N2O. The lowest BCUT2D eigenvalue weighted by Gasteiger charge is -2.41. The Bertz CT molecular complexity index is 861. The summed E-state index contributed by atoms with van der Waals surface area (Å²) < 4.78 is 38.2. The molecule has 0 saturated heterocycles. The molecule has 3 nitrogen and oxygen atoms in total. The van der Waals surface area contributed by atoms with Gasteiger partial charge in [-0.2, -0.15) is 13.2 Å². The molecule has 1 saturated carbocycles. The summed E-state index contributed by atoms with van der Waals surface area (Å²) in [5.41, 5.74) is 3.13. The van der Waals surface area contributed by atoms with E-state index < -0.39 is 11.9 Å². The van der Waals surface area contributed by atoms with Gasteiger partial charge in [0.2, 0.25) is 0 Å². The molecule has 1 aliphatic heterocycles. The van der Waals surface area contributed by atoms with Crippen LogP contribution in [0.1, 0.15) is 42.5 Å². The Balaban J connectivity index is 1.58. The number of benzene rings is 1. The summed E-state index contributed by atoms with van der Waals surface area (Å²) in [5.74, 6) is 0. The average molecular weight is 388 g/mol. The van der Waals surface area contributed by atoms with E-state index in [0.29, 0.717) is 13.0 Å². The highest BCUT2D eigenvalue weighted by Gasteiger charge is 2.33. The normalized spacial score (nSPS) is 22.6. The average Bonchev–Trinajstić information content (AvgIpc) is 2.69. The first-order valence-corrected chi connectivity index (χ1v) is 9.69. The summed E-state index contributed by atoms with van der Waals surface area (Å²) in [6.07, 6.45) is 3.21. The molecule has 0 spiro atoms. The Morgan fingerprint density at radius 2 is 1.86 bits per heavy atom. The van der Waals surface area contributed by atoms with Crippen LogP contribution in [-0.4, -0.2) is 28.8 Å². The number of pyridine rings is 1. The Hall–Kier alpha value is -2.34. The monoisotopic (exact) mass is 388 g/mol. The second-order valence-corrected chi connectivity index (χ2v) is 7.54. The fraction of sp³-hybridized carbons (Fsp3) is 0.409. The SMILES string of the molecule is O[C@H]1CCCC[C@@H]1N1CC=C(Cc2ccc(C(F)(F)F)nc2)c2ccccc21. The maximum absolute atomic E-state index is 12.7. The number of anilines is 1.